The number of hydrogen-bond donors (Lipinski definition) is 3. The number of piperidine rings is 1. The van der Waals surface area contributed by atoms with Crippen LogP contribution in [0.25, 0.3) is 0 Å². The number of rotatable bonds is 5. The van der Waals surface area contributed by atoms with Crippen molar-refractivity contribution in [2.45, 2.75) is 70.4 Å². The molecular weight excluding hydrogens is 419 g/mol. The molecule has 1 aromatic carbocycles. The van der Waals surface area contributed by atoms with E-state index in [1.54, 1.807) is 13.0 Å². The van der Waals surface area contributed by atoms with E-state index in [1.165, 1.54) is 25.7 Å². The summed E-state index contributed by atoms with van der Waals surface area (Å²) in [5, 5.41) is 3.50. The molecule has 1 aliphatic heterocycles. The normalized spacial score (nSPS) is 20.8. The summed E-state index contributed by atoms with van der Waals surface area (Å²) in [6.07, 6.45) is 8.97. The minimum Gasteiger partial charge on any atom is -0.391 e. The van der Waals surface area contributed by atoms with Crippen LogP contribution in [-0.2, 0) is 0 Å². The fourth-order valence-corrected chi connectivity index (χ4v) is 5.34. The number of nitrogens with zero attached hydrogens (tertiary/aromatic N) is 5. The lowest BCUT2D eigenvalue weighted by molar-refractivity contribution is 0.180. The summed E-state index contributed by atoms with van der Waals surface area (Å²) in [4.78, 5) is 16.1. The Kier molecular flexibility index (Phi) is 6.99. The first kappa shape index (κ1) is 23.6. The SMILES string of the molecule is Cc1ccc([N+](C)(c2nc(N)nc(NC3CCCCCC3)n2)C2CCN(C)CC2)c(N)c1F. The number of aryl methyl sites for hydroxylation is 1. The van der Waals surface area contributed by atoms with Gasteiger partial charge in [-0.1, -0.05) is 31.7 Å². The number of halogens is 1. The van der Waals surface area contributed by atoms with E-state index >= 15 is 0 Å². The molecule has 1 unspecified atom stereocenters. The number of hydrogen-bond acceptors (Lipinski definition) is 7. The molecule has 0 bridgehead atoms. The molecule has 1 aliphatic carbocycles. The van der Waals surface area contributed by atoms with Gasteiger partial charge in [0.1, 0.15) is 11.7 Å². The summed E-state index contributed by atoms with van der Waals surface area (Å²) in [5.74, 6) is 0.777. The second kappa shape index (κ2) is 9.77. The monoisotopic (exact) mass is 457 g/mol. The average molecular weight is 458 g/mol. The molecule has 33 heavy (non-hydrogen) atoms. The maximum absolute atomic E-state index is 14.9. The maximum Gasteiger partial charge on any atom is 0.340 e. The van der Waals surface area contributed by atoms with Crippen LogP contribution in [0.4, 0.5) is 33.6 Å². The Labute approximate surface area is 196 Å². The van der Waals surface area contributed by atoms with Crippen LogP contribution in [0.1, 0.15) is 56.9 Å². The summed E-state index contributed by atoms with van der Waals surface area (Å²) in [5.41, 5.74) is 13.9. The van der Waals surface area contributed by atoms with Crippen LogP contribution in [0.5, 0.6) is 0 Å². The third kappa shape index (κ3) is 4.89. The molecule has 8 nitrogen and oxygen atoms in total. The number of benzene rings is 1. The van der Waals surface area contributed by atoms with Gasteiger partial charge in [0.2, 0.25) is 11.9 Å². The summed E-state index contributed by atoms with van der Waals surface area (Å²) in [6.45, 7) is 3.62. The zero-order chi connectivity index (χ0) is 23.6. The quantitative estimate of drug-likeness (QED) is 0.354. The predicted octanol–water partition coefficient (Wildman–Crippen LogP) is 3.98. The van der Waals surface area contributed by atoms with Gasteiger partial charge in [0, 0.05) is 38.0 Å². The van der Waals surface area contributed by atoms with Crippen LogP contribution in [0.3, 0.4) is 0 Å². The first-order valence-corrected chi connectivity index (χ1v) is 12.2. The van der Waals surface area contributed by atoms with E-state index < -0.39 is 0 Å². The molecule has 2 aromatic rings. The van der Waals surface area contributed by atoms with Gasteiger partial charge in [0.05, 0.1) is 7.05 Å². The number of anilines is 3. The molecule has 0 spiro atoms. The smallest absolute Gasteiger partial charge is 0.340 e. The van der Waals surface area contributed by atoms with Gasteiger partial charge in [-0.25, -0.2) is 8.87 Å². The lowest BCUT2D eigenvalue weighted by atomic mass is 9.99. The fourth-order valence-electron chi connectivity index (χ4n) is 5.34. The Bertz CT molecular complexity index is 967. The van der Waals surface area contributed by atoms with Gasteiger partial charge in [-0.2, -0.15) is 4.98 Å². The zero-order valence-corrected chi connectivity index (χ0v) is 20.1. The molecule has 2 aliphatic rings. The van der Waals surface area contributed by atoms with Crippen LogP contribution in [0.15, 0.2) is 12.1 Å². The molecule has 1 saturated heterocycles. The summed E-state index contributed by atoms with van der Waals surface area (Å²) in [6, 6.07) is 4.15. The van der Waals surface area contributed by atoms with Gasteiger partial charge in [-0.3, -0.25) is 0 Å². The Hall–Kier alpha value is -2.52. The Balaban J connectivity index is 1.77. The van der Waals surface area contributed by atoms with Gasteiger partial charge < -0.3 is 21.7 Å². The number of likely N-dealkylation sites (tertiary alicyclic amines) is 1. The van der Waals surface area contributed by atoms with E-state index in [0.29, 0.717) is 29.2 Å². The van der Waals surface area contributed by atoms with Gasteiger partial charge in [-0.15, -0.1) is 9.97 Å². The van der Waals surface area contributed by atoms with Crippen LogP contribution < -0.4 is 21.3 Å². The summed E-state index contributed by atoms with van der Waals surface area (Å²) in [7, 11) is 4.15. The minimum atomic E-state index is -0.386. The van der Waals surface area contributed by atoms with Gasteiger partial charge >= 0.3 is 5.95 Å². The lowest BCUT2D eigenvalue weighted by Gasteiger charge is -2.42. The molecule has 1 atom stereocenters. The van der Waals surface area contributed by atoms with Gasteiger partial charge in [0.15, 0.2) is 11.5 Å². The zero-order valence-electron chi connectivity index (χ0n) is 20.1. The maximum atomic E-state index is 14.9. The molecule has 180 valence electrons. The average Bonchev–Trinajstić information content (AvgIpc) is 3.06. The second-order valence-electron chi connectivity index (χ2n) is 9.89. The standard InChI is InChI=1S/C24H38FN8/c1-16-10-11-19(21(26)20(16)25)33(3,18-12-14-32(2)15-13-18)24-30-22(27)29-23(31-24)28-17-8-6-4-5-7-9-17/h10-11,17-18H,4-9,12-15,26H2,1-3H3,(H3,27,28,29,30,31)/q+1. The van der Waals surface area contributed by atoms with Crippen molar-refractivity contribution >= 4 is 29.2 Å². The molecule has 9 heteroatoms. The number of nitrogen functional groups attached to an aromatic ring is 2. The van der Waals surface area contributed by atoms with E-state index in [-0.39, 0.29) is 28.0 Å². The Morgan fingerprint density at radius 3 is 2.33 bits per heavy atom. The van der Waals surface area contributed by atoms with Crippen LogP contribution in [0, 0.1) is 12.7 Å². The third-order valence-electron chi connectivity index (χ3n) is 7.51. The van der Waals surface area contributed by atoms with Crippen molar-refractivity contribution in [3.05, 3.63) is 23.5 Å². The van der Waals surface area contributed by atoms with Crippen molar-refractivity contribution in [3.8, 4) is 0 Å². The second-order valence-corrected chi connectivity index (χ2v) is 9.89. The van der Waals surface area contributed by atoms with Gasteiger partial charge in [0.25, 0.3) is 0 Å². The van der Waals surface area contributed by atoms with E-state index in [9.17, 15) is 4.39 Å². The highest BCUT2D eigenvalue weighted by Crippen LogP contribution is 2.42. The van der Waals surface area contributed by atoms with E-state index in [2.05, 4.69) is 27.2 Å². The number of nitrogens with one attached hydrogen (secondary N) is 1. The number of aromatic nitrogens is 3. The first-order valence-electron chi connectivity index (χ1n) is 12.2. The Morgan fingerprint density at radius 1 is 1.00 bits per heavy atom. The largest absolute Gasteiger partial charge is 0.391 e. The van der Waals surface area contributed by atoms with Crippen molar-refractivity contribution in [1.29, 1.82) is 0 Å². The van der Waals surface area contributed by atoms with Crippen molar-refractivity contribution in [2.75, 3.05) is 44.0 Å². The van der Waals surface area contributed by atoms with E-state index in [4.69, 9.17) is 16.5 Å². The van der Waals surface area contributed by atoms with E-state index in [1.807, 2.05) is 13.1 Å². The molecule has 4 rings (SSSR count). The fraction of sp³-hybridized carbons (Fsp3) is 0.625. The predicted molar refractivity (Wildman–Crippen MR) is 133 cm³/mol. The topological polar surface area (TPSA) is 106 Å². The Morgan fingerprint density at radius 2 is 1.67 bits per heavy atom. The highest BCUT2D eigenvalue weighted by atomic mass is 19.1. The van der Waals surface area contributed by atoms with E-state index in [0.717, 1.165) is 38.8 Å². The molecule has 1 aromatic heterocycles. The van der Waals surface area contributed by atoms with Crippen molar-refractivity contribution < 1.29 is 4.39 Å². The van der Waals surface area contributed by atoms with Crippen LogP contribution in [0.2, 0.25) is 0 Å². The van der Waals surface area contributed by atoms with Gasteiger partial charge in [-0.05, 0) is 32.4 Å². The molecule has 0 amide bonds. The van der Waals surface area contributed by atoms with Crippen LogP contribution in [-0.4, -0.2) is 59.1 Å². The number of quaternary nitrogens is 1. The minimum absolute atomic E-state index is 0.137. The third-order valence-corrected chi connectivity index (χ3v) is 7.51. The summed E-state index contributed by atoms with van der Waals surface area (Å²) >= 11 is 0. The lowest BCUT2D eigenvalue weighted by Crippen LogP contribution is -2.55. The molecule has 5 N–H and O–H groups in total. The van der Waals surface area contributed by atoms with Crippen LogP contribution >= 0.6 is 0 Å². The molecule has 2 fully saturated rings. The first-order chi connectivity index (χ1) is 15.8. The highest BCUT2D eigenvalue weighted by Gasteiger charge is 2.44. The molecular formula is C24H38FN8+. The molecule has 0 radical (unpaired) electrons. The summed E-state index contributed by atoms with van der Waals surface area (Å²) < 4.78 is 15.1. The van der Waals surface area contributed by atoms with Crippen molar-refractivity contribution in [2.24, 2.45) is 0 Å². The molecule has 2 heterocycles. The van der Waals surface area contributed by atoms with Crippen molar-refractivity contribution in [3.63, 3.8) is 0 Å². The highest BCUT2D eigenvalue weighted by molar-refractivity contribution is 5.71. The van der Waals surface area contributed by atoms with Crippen molar-refractivity contribution in [1.82, 2.24) is 24.3 Å². The number of nitrogens with two attached hydrogens (primary N) is 2. The molecule has 1 saturated carbocycles.